The van der Waals surface area contributed by atoms with Gasteiger partial charge in [0.2, 0.25) is 12.8 Å². The van der Waals surface area contributed by atoms with Gasteiger partial charge in [-0.15, -0.1) is 0 Å². The number of benzene rings is 2. The number of nitrogens with zero attached hydrogens (tertiary/aromatic N) is 4. The maximum absolute atomic E-state index is 14.9. The molecule has 0 saturated carbocycles. The fraction of sp³-hybridized carbons (Fsp3) is 0.379. The molecule has 10 nitrogen and oxygen atoms in total. The van der Waals surface area contributed by atoms with Crippen molar-refractivity contribution in [2.45, 2.75) is 25.8 Å². The molecule has 0 unspecified atom stereocenters. The number of alkyl halides is 1. The summed E-state index contributed by atoms with van der Waals surface area (Å²) in [5.41, 5.74) is 2.00. The van der Waals surface area contributed by atoms with Crippen molar-refractivity contribution in [2.24, 2.45) is 7.05 Å². The van der Waals surface area contributed by atoms with E-state index >= 15 is 0 Å². The van der Waals surface area contributed by atoms with Gasteiger partial charge in [-0.25, -0.2) is 13.8 Å². The number of piperazine rings is 1. The first kappa shape index (κ1) is 29.5. The predicted molar refractivity (Wildman–Crippen MR) is 153 cm³/mol. The molecule has 2 N–H and O–H groups in total. The van der Waals surface area contributed by atoms with Crippen LogP contribution in [0.2, 0.25) is 5.02 Å². The fourth-order valence-electron chi connectivity index (χ4n) is 5.35. The summed E-state index contributed by atoms with van der Waals surface area (Å²) in [4.78, 5) is 46.7. The van der Waals surface area contributed by atoms with Gasteiger partial charge in [0.05, 0.1) is 17.9 Å². The van der Waals surface area contributed by atoms with E-state index in [9.17, 15) is 23.2 Å². The van der Waals surface area contributed by atoms with Gasteiger partial charge in [0.1, 0.15) is 10.8 Å². The van der Waals surface area contributed by atoms with E-state index in [-0.39, 0.29) is 45.7 Å². The Morgan fingerprint density at radius 3 is 2.55 bits per heavy atom. The Hall–Kier alpha value is -4.03. The van der Waals surface area contributed by atoms with Crippen LogP contribution in [0.5, 0.6) is 5.75 Å². The van der Waals surface area contributed by atoms with Gasteiger partial charge in [0, 0.05) is 50.0 Å². The Bertz CT molecular complexity index is 1520. The number of amides is 3. The minimum atomic E-state index is -1.15. The van der Waals surface area contributed by atoms with Crippen molar-refractivity contribution in [1.82, 2.24) is 24.7 Å². The molecule has 3 amide bonds. The second-order valence-electron chi connectivity index (χ2n) is 10.3. The normalized spacial score (nSPS) is 16.9. The lowest BCUT2D eigenvalue weighted by Crippen LogP contribution is -2.54. The maximum Gasteiger partial charge on any atom is 0.291 e. The number of anilines is 1. The third-order valence-electron chi connectivity index (χ3n) is 7.68. The molecular formula is C29H31ClF2N6O4. The van der Waals surface area contributed by atoms with E-state index in [4.69, 9.17) is 11.6 Å². The number of hydrogen-bond acceptors (Lipinski definition) is 6. The van der Waals surface area contributed by atoms with E-state index in [0.29, 0.717) is 43.0 Å². The van der Waals surface area contributed by atoms with Crippen molar-refractivity contribution in [3.05, 3.63) is 64.3 Å². The zero-order chi connectivity index (χ0) is 30.0. The molecule has 1 atom stereocenters. The molecule has 13 heteroatoms. The summed E-state index contributed by atoms with van der Waals surface area (Å²) >= 11 is 5.98. The first-order valence-corrected chi connectivity index (χ1v) is 14.0. The zero-order valence-corrected chi connectivity index (χ0v) is 24.0. The molecule has 2 aliphatic rings. The van der Waals surface area contributed by atoms with E-state index < -0.39 is 18.6 Å². The molecule has 3 aromatic rings. The van der Waals surface area contributed by atoms with Crippen molar-refractivity contribution in [3.8, 4) is 17.0 Å². The summed E-state index contributed by atoms with van der Waals surface area (Å²) < 4.78 is 33.5. The molecule has 0 aliphatic carbocycles. The summed E-state index contributed by atoms with van der Waals surface area (Å²) in [5.74, 6) is -1.51. The van der Waals surface area contributed by atoms with Gasteiger partial charge >= 0.3 is 0 Å². The third kappa shape index (κ3) is 5.82. The molecule has 2 saturated heterocycles. The molecule has 1 aromatic heterocycles. The van der Waals surface area contributed by atoms with E-state index in [1.807, 2.05) is 4.90 Å². The molecule has 0 radical (unpaired) electrons. The van der Waals surface area contributed by atoms with E-state index in [1.165, 1.54) is 22.9 Å². The number of carbonyl (C=O) groups is 3. The molecule has 5 rings (SSSR count). The highest BCUT2D eigenvalue weighted by Crippen LogP contribution is 2.35. The Morgan fingerprint density at radius 2 is 1.88 bits per heavy atom. The monoisotopic (exact) mass is 600 g/mol. The van der Waals surface area contributed by atoms with Gasteiger partial charge in [-0.05, 0) is 62.2 Å². The van der Waals surface area contributed by atoms with Gasteiger partial charge in [-0.1, -0.05) is 11.6 Å². The Balaban J connectivity index is 1.23. The number of aromatic nitrogens is 2. The second kappa shape index (κ2) is 12.5. The van der Waals surface area contributed by atoms with Crippen molar-refractivity contribution < 1.29 is 27.9 Å². The summed E-state index contributed by atoms with van der Waals surface area (Å²) in [6, 6.07) is 7.58. The minimum absolute atomic E-state index is 0.0163. The fourth-order valence-corrected chi connectivity index (χ4v) is 5.57. The summed E-state index contributed by atoms with van der Waals surface area (Å²) in [6.45, 7) is 3.39. The van der Waals surface area contributed by atoms with Crippen LogP contribution in [-0.2, 0) is 11.8 Å². The quantitative estimate of drug-likeness (QED) is 0.427. The first-order chi connectivity index (χ1) is 20.2. The van der Waals surface area contributed by atoms with Crippen LogP contribution in [0.4, 0.5) is 14.5 Å². The van der Waals surface area contributed by atoms with Crippen molar-refractivity contribution in [2.75, 3.05) is 44.9 Å². The molecule has 222 valence electrons. The number of imidazole rings is 1. The maximum atomic E-state index is 14.9. The lowest BCUT2D eigenvalue weighted by Gasteiger charge is -2.36. The first-order valence-electron chi connectivity index (χ1n) is 13.6. The molecular weight excluding hydrogens is 570 g/mol. The number of hydrogen-bond donors (Lipinski definition) is 2. The number of ether oxygens (including phenoxy) is 1. The standard InChI is InChI=1S/C29H31ClF2N6O4/c1-17-14-18(5-6-19(17)28(40)37-10-12-38(13-11-37)29(41)21-4-3-9-33-21)35-27(39)26-34-15-22(36(26)2)20-7-8-23(42-16-31)24(30)25(20)32/h5-8,14-15,21,33H,3-4,9-13,16H2,1-2H3,(H,35,39)/t21-/m0/s1. The van der Waals surface area contributed by atoms with Crippen LogP contribution in [0.15, 0.2) is 36.5 Å². The van der Waals surface area contributed by atoms with Crippen LogP contribution in [0, 0.1) is 12.7 Å². The molecule has 0 spiro atoms. The number of nitrogens with one attached hydrogen (secondary N) is 2. The summed E-state index contributed by atoms with van der Waals surface area (Å²) in [5, 5.41) is 5.62. The molecule has 2 aliphatic heterocycles. The van der Waals surface area contributed by atoms with E-state index in [0.717, 1.165) is 19.4 Å². The van der Waals surface area contributed by atoms with Gasteiger partial charge in [-0.3, -0.25) is 14.4 Å². The number of aryl methyl sites for hydroxylation is 1. The lowest BCUT2D eigenvalue weighted by molar-refractivity contribution is -0.134. The van der Waals surface area contributed by atoms with Crippen molar-refractivity contribution >= 4 is 35.0 Å². The van der Waals surface area contributed by atoms with Crippen LogP contribution in [0.1, 0.15) is 39.4 Å². The second-order valence-corrected chi connectivity index (χ2v) is 10.6. The minimum Gasteiger partial charge on any atom is -0.461 e. The average Bonchev–Trinajstić information content (AvgIpc) is 3.66. The van der Waals surface area contributed by atoms with Crippen LogP contribution in [0.3, 0.4) is 0 Å². The van der Waals surface area contributed by atoms with Gasteiger partial charge in [-0.2, -0.15) is 0 Å². The summed E-state index contributed by atoms with van der Waals surface area (Å²) in [7, 11) is 1.56. The number of halogens is 3. The van der Waals surface area contributed by atoms with Gasteiger partial charge in [0.25, 0.3) is 11.8 Å². The lowest BCUT2D eigenvalue weighted by atomic mass is 10.1. The van der Waals surface area contributed by atoms with Gasteiger partial charge < -0.3 is 29.7 Å². The highest BCUT2D eigenvalue weighted by molar-refractivity contribution is 6.32. The topological polar surface area (TPSA) is 109 Å². The van der Waals surface area contributed by atoms with Crippen molar-refractivity contribution in [3.63, 3.8) is 0 Å². The number of rotatable bonds is 7. The van der Waals surface area contributed by atoms with Crippen LogP contribution >= 0.6 is 11.6 Å². The smallest absolute Gasteiger partial charge is 0.291 e. The predicted octanol–water partition coefficient (Wildman–Crippen LogP) is 3.78. The zero-order valence-electron chi connectivity index (χ0n) is 23.3. The Morgan fingerprint density at radius 1 is 1.14 bits per heavy atom. The number of carbonyl (C=O) groups excluding carboxylic acids is 3. The largest absolute Gasteiger partial charge is 0.461 e. The van der Waals surface area contributed by atoms with Crippen LogP contribution in [0.25, 0.3) is 11.3 Å². The van der Waals surface area contributed by atoms with E-state index in [2.05, 4.69) is 20.4 Å². The highest BCUT2D eigenvalue weighted by Gasteiger charge is 2.31. The Kier molecular flexibility index (Phi) is 8.74. The molecule has 3 heterocycles. The SMILES string of the molecule is Cc1cc(NC(=O)c2ncc(-c3ccc(OCF)c(Cl)c3F)n2C)ccc1C(=O)N1CCN(C(=O)[C@@H]2CCCN2)CC1. The molecule has 2 aromatic carbocycles. The highest BCUT2D eigenvalue weighted by atomic mass is 35.5. The van der Waals surface area contributed by atoms with Crippen LogP contribution < -0.4 is 15.4 Å². The Labute approximate surface area is 246 Å². The average molecular weight is 601 g/mol. The summed E-state index contributed by atoms with van der Waals surface area (Å²) in [6.07, 6.45) is 3.18. The van der Waals surface area contributed by atoms with E-state index in [1.54, 1.807) is 37.1 Å². The molecule has 2 fully saturated rings. The molecule has 42 heavy (non-hydrogen) atoms. The van der Waals surface area contributed by atoms with Gasteiger partial charge in [0.15, 0.2) is 11.6 Å². The molecule has 0 bridgehead atoms. The van der Waals surface area contributed by atoms with Crippen molar-refractivity contribution in [1.29, 1.82) is 0 Å². The van der Waals surface area contributed by atoms with Crippen LogP contribution in [-0.4, -0.2) is 82.7 Å². The third-order valence-corrected chi connectivity index (χ3v) is 8.03.